The average Bonchev–Trinajstić information content (AvgIpc) is 2.73. The average molecular weight is 403 g/mol. The maximum atomic E-state index is 12.7. The Balaban J connectivity index is 1.96. The summed E-state index contributed by atoms with van der Waals surface area (Å²) in [4.78, 5) is 18.8. The van der Waals surface area contributed by atoms with Gasteiger partial charge in [0.15, 0.2) is 11.5 Å². The van der Waals surface area contributed by atoms with Crippen molar-refractivity contribution in [3.05, 3.63) is 53.9 Å². The van der Waals surface area contributed by atoms with Crippen molar-refractivity contribution in [3.8, 4) is 11.5 Å². The second kappa shape index (κ2) is 12.3. The Bertz CT molecular complexity index is 725. The van der Waals surface area contributed by atoms with Crippen molar-refractivity contribution in [2.24, 2.45) is 0 Å². The zero-order valence-electron chi connectivity index (χ0n) is 17.0. The molecule has 152 valence electrons. The third-order valence-corrected chi connectivity index (χ3v) is 5.11. The van der Waals surface area contributed by atoms with Gasteiger partial charge in [-0.25, -0.2) is 0 Å². The van der Waals surface area contributed by atoms with Gasteiger partial charge in [0.1, 0.15) is 0 Å². The lowest BCUT2D eigenvalue weighted by Gasteiger charge is -2.23. The van der Waals surface area contributed by atoms with E-state index < -0.39 is 0 Å². The lowest BCUT2D eigenvalue weighted by molar-refractivity contribution is -0.129. The van der Waals surface area contributed by atoms with Crippen LogP contribution < -0.4 is 9.47 Å². The van der Waals surface area contributed by atoms with Crippen LogP contribution in [0.2, 0.25) is 0 Å². The molecule has 0 bridgehead atoms. The summed E-state index contributed by atoms with van der Waals surface area (Å²) in [5, 5.41) is 0. The predicted octanol–water partition coefficient (Wildman–Crippen LogP) is 4.55. The van der Waals surface area contributed by atoms with E-state index in [-0.39, 0.29) is 5.91 Å². The molecule has 0 aliphatic heterocycles. The van der Waals surface area contributed by atoms with Crippen LogP contribution in [0.15, 0.2) is 42.7 Å². The molecule has 0 fully saturated rings. The summed E-state index contributed by atoms with van der Waals surface area (Å²) in [6, 6.07) is 9.84. The largest absolute Gasteiger partial charge is 0.493 e. The van der Waals surface area contributed by atoms with E-state index in [0.29, 0.717) is 24.7 Å². The molecule has 0 saturated heterocycles. The molecule has 5 nitrogen and oxygen atoms in total. The van der Waals surface area contributed by atoms with E-state index in [1.54, 1.807) is 25.1 Å². The number of aromatic nitrogens is 1. The first kappa shape index (κ1) is 22.1. The van der Waals surface area contributed by atoms with Gasteiger partial charge in [-0.05, 0) is 42.2 Å². The van der Waals surface area contributed by atoms with E-state index in [1.165, 1.54) is 0 Å². The van der Waals surface area contributed by atoms with E-state index in [2.05, 4.69) is 18.8 Å². The minimum atomic E-state index is 0.154. The van der Waals surface area contributed by atoms with Crippen LogP contribution in [0.4, 0.5) is 0 Å². The highest BCUT2D eigenvalue weighted by Crippen LogP contribution is 2.29. The monoisotopic (exact) mass is 402 g/mol. The molecule has 0 atom stereocenters. The summed E-state index contributed by atoms with van der Waals surface area (Å²) in [7, 11) is 1.64. The second-order valence-corrected chi connectivity index (χ2v) is 7.49. The van der Waals surface area contributed by atoms with Gasteiger partial charge < -0.3 is 14.4 Å². The van der Waals surface area contributed by atoms with Crippen molar-refractivity contribution in [2.45, 2.75) is 39.0 Å². The molecular weight excluding hydrogens is 372 g/mol. The van der Waals surface area contributed by atoms with Crippen LogP contribution >= 0.6 is 11.8 Å². The van der Waals surface area contributed by atoms with E-state index in [9.17, 15) is 4.79 Å². The molecule has 0 saturated carbocycles. The fourth-order valence-corrected chi connectivity index (χ4v) is 3.62. The van der Waals surface area contributed by atoms with Crippen LogP contribution in [0.25, 0.3) is 0 Å². The number of methoxy groups -OCH3 is 1. The normalized spacial score (nSPS) is 10.5. The minimum Gasteiger partial charge on any atom is -0.493 e. The van der Waals surface area contributed by atoms with Gasteiger partial charge in [0.25, 0.3) is 0 Å². The highest BCUT2D eigenvalue weighted by atomic mass is 32.2. The molecular formula is C22H30N2O3S. The molecule has 2 rings (SSSR count). The van der Waals surface area contributed by atoms with E-state index >= 15 is 0 Å². The van der Waals surface area contributed by atoms with Crippen molar-refractivity contribution < 1.29 is 14.3 Å². The van der Waals surface area contributed by atoms with Crippen LogP contribution in [-0.2, 0) is 17.1 Å². The highest BCUT2D eigenvalue weighted by molar-refractivity contribution is 7.99. The molecule has 2 aromatic rings. The van der Waals surface area contributed by atoms with Gasteiger partial charge in [-0.1, -0.05) is 26.0 Å². The maximum Gasteiger partial charge on any atom is 0.232 e. The summed E-state index contributed by atoms with van der Waals surface area (Å²) in [6.45, 7) is 6.13. The molecule has 0 spiro atoms. The topological polar surface area (TPSA) is 51.7 Å². The quantitative estimate of drug-likeness (QED) is 0.521. The van der Waals surface area contributed by atoms with Crippen LogP contribution in [0.5, 0.6) is 11.5 Å². The zero-order valence-corrected chi connectivity index (χ0v) is 17.8. The maximum absolute atomic E-state index is 12.7. The zero-order chi connectivity index (χ0) is 20.2. The fourth-order valence-electron chi connectivity index (χ4n) is 2.75. The van der Waals surface area contributed by atoms with Crippen LogP contribution in [0.1, 0.15) is 37.8 Å². The van der Waals surface area contributed by atoms with Gasteiger partial charge in [0.05, 0.1) is 19.5 Å². The summed E-state index contributed by atoms with van der Waals surface area (Å²) in [5.41, 5.74) is 2.18. The molecule has 0 unspecified atom stereocenters. The lowest BCUT2D eigenvalue weighted by Crippen LogP contribution is -2.32. The van der Waals surface area contributed by atoms with Gasteiger partial charge in [0.2, 0.25) is 5.91 Å². The number of hydrogen-bond acceptors (Lipinski definition) is 5. The molecule has 0 radical (unpaired) electrons. The molecule has 0 N–H and O–H groups in total. The van der Waals surface area contributed by atoms with E-state index in [0.717, 1.165) is 42.0 Å². The van der Waals surface area contributed by atoms with E-state index in [4.69, 9.17) is 9.47 Å². The first-order valence-corrected chi connectivity index (χ1v) is 10.9. The number of rotatable bonds is 12. The van der Waals surface area contributed by atoms with Crippen LogP contribution in [0, 0.1) is 0 Å². The smallest absolute Gasteiger partial charge is 0.232 e. The first-order chi connectivity index (χ1) is 13.7. The van der Waals surface area contributed by atoms with Crippen molar-refractivity contribution in [1.29, 1.82) is 0 Å². The first-order valence-electron chi connectivity index (χ1n) is 9.72. The standard InChI is InChI=1S/C22H30N2O3S/c1-4-11-24(22(25)17-28-16-19-7-6-10-23-14-19)15-18-8-9-20(27-12-5-2)21(13-18)26-3/h6-10,13-14H,4-5,11-12,15-17H2,1-3H3. The molecule has 1 aromatic carbocycles. The number of ether oxygens (including phenoxy) is 2. The third kappa shape index (κ3) is 7.08. The predicted molar refractivity (Wildman–Crippen MR) is 115 cm³/mol. The molecule has 0 aliphatic carbocycles. The van der Waals surface area contributed by atoms with Crippen LogP contribution in [0.3, 0.4) is 0 Å². The Morgan fingerprint density at radius 1 is 1.14 bits per heavy atom. The number of carbonyl (C=O) groups is 1. The third-order valence-electron chi connectivity index (χ3n) is 4.13. The number of carbonyl (C=O) groups excluding carboxylic acids is 1. The number of thioether (sulfide) groups is 1. The fraction of sp³-hybridized carbons (Fsp3) is 0.455. The van der Waals surface area contributed by atoms with Gasteiger partial charge in [-0.15, -0.1) is 11.8 Å². The Labute approximate surface area is 172 Å². The SMILES string of the molecule is CCCOc1ccc(CN(CCC)C(=O)CSCc2cccnc2)cc1OC. The molecule has 1 aromatic heterocycles. The summed E-state index contributed by atoms with van der Waals surface area (Å²) in [6.07, 6.45) is 5.47. The number of hydrogen-bond donors (Lipinski definition) is 0. The van der Waals surface area contributed by atoms with Gasteiger partial charge >= 0.3 is 0 Å². The molecule has 6 heteroatoms. The Hall–Kier alpha value is -2.21. The minimum absolute atomic E-state index is 0.154. The van der Waals surface area contributed by atoms with E-state index in [1.807, 2.05) is 41.4 Å². The van der Waals surface area contributed by atoms with Crippen molar-refractivity contribution >= 4 is 17.7 Å². The summed E-state index contributed by atoms with van der Waals surface area (Å²) >= 11 is 1.62. The molecule has 0 aliphatic rings. The number of benzene rings is 1. The molecule has 1 heterocycles. The summed E-state index contributed by atoms with van der Waals surface area (Å²) in [5.74, 6) is 2.86. The van der Waals surface area contributed by atoms with Gasteiger partial charge in [0, 0.05) is 31.2 Å². The number of amides is 1. The molecule has 1 amide bonds. The van der Waals surface area contributed by atoms with Crippen molar-refractivity contribution in [3.63, 3.8) is 0 Å². The Morgan fingerprint density at radius 3 is 2.68 bits per heavy atom. The summed E-state index contributed by atoms with van der Waals surface area (Å²) < 4.78 is 11.2. The Morgan fingerprint density at radius 2 is 2.00 bits per heavy atom. The van der Waals surface area contributed by atoms with Crippen molar-refractivity contribution in [2.75, 3.05) is 26.0 Å². The Kier molecular flexibility index (Phi) is 9.69. The van der Waals surface area contributed by atoms with Gasteiger partial charge in [-0.3, -0.25) is 9.78 Å². The molecule has 28 heavy (non-hydrogen) atoms. The second-order valence-electron chi connectivity index (χ2n) is 6.50. The van der Waals surface area contributed by atoms with Crippen molar-refractivity contribution in [1.82, 2.24) is 9.88 Å². The number of pyridine rings is 1. The van der Waals surface area contributed by atoms with Gasteiger partial charge in [-0.2, -0.15) is 0 Å². The lowest BCUT2D eigenvalue weighted by atomic mass is 10.2. The number of nitrogens with zero attached hydrogens (tertiary/aromatic N) is 2. The highest BCUT2D eigenvalue weighted by Gasteiger charge is 2.15. The van der Waals surface area contributed by atoms with Crippen LogP contribution in [-0.4, -0.2) is 41.8 Å².